The molecule has 0 spiro atoms. The van der Waals surface area contributed by atoms with Gasteiger partial charge >= 0.3 is 0 Å². The summed E-state index contributed by atoms with van der Waals surface area (Å²) in [4.78, 5) is 12.5. The highest BCUT2D eigenvalue weighted by atomic mass is 32.2. The van der Waals surface area contributed by atoms with Gasteiger partial charge in [-0.3, -0.25) is 4.79 Å². The lowest BCUT2D eigenvalue weighted by atomic mass is 9.90. The first kappa shape index (κ1) is 15.5. The van der Waals surface area contributed by atoms with E-state index in [1.807, 2.05) is 0 Å². The first-order chi connectivity index (χ1) is 10.4. The Morgan fingerprint density at radius 2 is 1.91 bits per heavy atom. The number of hydrogen-bond donors (Lipinski definition) is 0. The number of methoxy groups -OCH3 is 1. The zero-order chi connectivity index (χ0) is 15.9. The molecule has 2 aliphatic rings. The van der Waals surface area contributed by atoms with Crippen LogP contribution in [0.4, 0.5) is 4.39 Å². The van der Waals surface area contributed by atoms with E-state index in [1.54, 1.807) is 0 Å². The van der Waals surface area contributed by atoms with Crippen LogP contribution in [0.15, 0.2) is 18.2 Å². The van der Waals surface area contributed by atoms with Gasteiger partial charge in [0.1, 0.15) is 17.3 Å². The van der Waals surface area contributed by atoms with Crippen molar-refractivity contribution in [3.8, 4) is 5.75 Å². The van der Waals surface area contributed by atoms with Crippen LogP contribution in [0.2, 0.25) is 0 Å². The Labute approximate surface area is 129 Å². The predicted molar refractivity (Wildman–Crippen MR) is 80.1 cm³/mol. The molecule has 0 saturated carbocycles. The van der Waals surface area contributed by atoms with Crippen molar-refractivity contribution >= 4 is 15.6 Å². The number of carbonyl (C=O) groups excluding carboxylic acids is 1. The van der Waals surface area contributed by atoms with Crippen molar-refractivity contribution in [1.82, 2.24) is 0 Å². The average Bonchev–Trinajstić information content (AvgIpc) is 2.67. The highest BCUT2D eigenvalue weighted by molar-refractivity contribution is 7.93. The number of ketones is 1. The lowest BCUT2D eigenvalue weighted by Crippen LogP contribution is -2.36. The first-order valence-corrected chi connectivity index (χ1v) is 9.10. The highest BCUT2D eigenvalue weighted by Gasteiger charge is 2.48. The molecule has 2 atom stereocenters. The SMILES string of the molecule is COc1ccc(F)cc1CC(=O)C1CC2CCC(C1)S2(=O)=O. The maximum atomic E-state index is 13.4. The summed E-state index contributed by atoms with van der Waals surface area (Å²) in [5.74, 6) is -0.180. The summed E-state index contributed by atoms with van der Waals surface area (Å²) in [7, 11) is -1.54. The molecule has 1 aromatic carbocycles. The predicted octanol–water partition coefficient (Wildman–Crippen LogP) is 2.30. The van der Waals surface area contributed by atoms with Gasteiger partial charge in [0.05, 0.1) is 17.6 Å². The lowest BCUT2D eigenvalue weighted by molar-refractivity contribution is -0.122. The van der Waals surface area contributed by atoms with Crippen molar-refractivity contribution in [3.05, 3.63) is 29.6 Å². The fraction of sp³-hybridized carbons (Fsp3) is 0.562. The molecule has 0 radical (unpaired) electrons. The molecule has 2 aliphatic heterocycles. The third kappa shape index (κ3) is 2.64. The molecule has 2 unspecified atom stereocenters. The number of Topliss-reactive ketones (excluding diaryl/α,β-unsaturated/α-hetero) is 1. The number of ether oxygens (including phenoxy) is 1. The molecular formula is C16H19FO4S. The molecule has 2 heterocycles. The molecule has 0 aliphatic carbocycles. The van der Waals surface area contributed by atoms with Crippen molar-refractivity contribution in [1.29, 1.82) is 0 Å². The quantitative estimate of drug-likeness (QED) is 0.852. The first-order valence-electron chi connectivity index (χ1n) is 7.49. The zero-order valence-corrected chi connectivity index (χ0v) is 13.2. The molecule has 120 valence electrons. The van der Waals surface area contributed by atoms with Crippen LogP contribution in [0.3, 0.4) is 0 Å². The maximum Gasteiger partial charge on any atom is 0.156 e. The highest BCUT2D eigenvalue weighted by Crippen LogP contribution is 2.41. The normalized spacial score (nSPS) is 29.3. The fourth-order valence-electron chi connectivity index (χ4n) is 3.69. The lowest BCUT2D eigenvalue weighted by Gasteiger charge is -2.27. The van der Waals surface area contributed by atoms with Crippen molar-refractivity contribution in [2.75, 3.05) is 7.11 Å². The van der Waals surface area contributed by atoms with Gasteiger partial charge in [-0.15, -0.1) is 0 Å². The average molecular weight is 326 g/mol. The van der Waals surface area contributed by atoms with E-state index in [0.29, 0.717) is 37.0 Å². The Bertz CT molecular complexity index is 678. The minimum Gasteiger partial charge on any atom is -0.496 e. The van der Waals surface area contributed by atoms with Crippen LogP contribution < -0.4 is 4.74 Å². The molecule has 0 amide bonds. The summed E-state index contributed by atoms with van der Waals surface area (Å²) in [6.07, 6.45) is 2.25. The zero-order valence-electron chi connectivity index (χ0n) is 12.4. The van der Waals surface area contributed by atoms with Crippen LogP contribution in [0.5, 0.6) is 5.75 Å². The molecule has 1 aromatic rings. The van der Waals surface area contributed by atoms with Gasteiger partial charge in [0.15, 0.2) is 9.84 Å². The molecule has 6 heteroatoms. The smallest absolute Gasteiger partial charge is 0.156 e. The molecule has 2 bridgehead atoms. The van der Waals surface area contributed by atoms with Crippen LogP contribution in [-0.2, 0) is 21.1 Å². The second kappa shape index (κ2) is 5.65. The Kier molecular flexibility index (Phi) is 3.97. The summed E-state index contributed by atoms with van der Waals surface area (Å²) >= 11 is 0. The van der Waals surface area contributed by atoms with Crippen LogP contribution in [0.1, 0.15) is 31.2 Å². The number of halogens is 1. The molecule has 0 N–H and O–H groups in total. The van der Waals surface area contributed by atoms with Gasteiger partial charge in [0, 0.05) is 17.9 Å². The molecule has 4 nitrogen and oxygen atoms in total. The van der Waals surface area contributed by atoms with E-state index in [9.17, 15) is 17.6 Å². The van der Waals surface area contributed by atoms with Crippen LogP contribution in [-0.4, -0.2) is 31.8 Å². The number of rotatable bonds is 4. The summed E-state index contributed by atoms with van der Waals surface area (Å²) < 4.78 is 42.7. The Balaban J connectivity index is 1.75. The van der Waals surface area contributed by atoms with Crippen LogP contribution >= 0.6 is 0 Å². The standard InChI is InChI=1S/C16H19FO4S/c1-21-16-5-2-12(17)6-11(16)9-15(18)10-7-13-3-4-14(8-10)22(13,19)20/h2,5-6,10,13-14H,3-4,7-9H2,1H3. The van der Waals surface area contributed by atoms with Crippen molar-refractivity contribution in [2.45, 2.75) is 42.6 Å². The van der Waals surface area contributed by atoms with Crippen LogP contribution in [0.25, 0.3) is 0 Å². The van der Waals surface area contributed by atoms with E-state index in [-0.39, 0.29) is 28.6 Å². The summed E-state index contributed by atoms with van der Waals surface area (Å²) in [6.45, 7) is 0. The number of hydrogen-bond acceptors (Lipinski definition) is 4. The third-order valence-electron chi connectivity index (χ3n) is 4.90. The summed E-state index contributed by atoms with van der Waals surface area (Å²) in [6, 6.07) is 4.11. The summed E-state index contributed by atoms with van der Waals surface area (Å²) in [5.41, 5.74) is 0.522. The Morgan fingerprint density at radius 3 is 2.50 bits per heavy atom. The van der Waals surface area contributed by atoms with E-state index < -0.39 is 15.7 Å². The van der Waals surface area contributed by atoms with Gasteiger partial charge in [-0.2, -0.15) is 0 Å². The second-order valence-corrected chi connectivity index (χ2v) is 8.69. The van der Waals surface area contributed by atoms with Crippen molar-refractivity contribution in [2.24, 2.45) is 5.92 Å². The van der Waals surface area contributed by atoms with Gasteiger partial charge in [0.25, 0.3) is 0 Å². The minimum atomic E-state index is -3.02. The Morgan fingerprint density at radius 1 is 1.27 bits per heavy atom. The van der Waals surface area contributed by atoms with Gasteiger partial charge < -0.3 is 4.74 Å². The number of carbonyl (C=O) groups is 1. The van der Waals surface area contributed by atoms with Gasteiger partial charge in [-0.1, -0.05) is 0 Å². The van der Waals surface area contributed by atoms with Gasteiger partial charge in [-0.25, -0.2) is 12.8 Å². The largest absolute Gasteiger partial charge is 0.496 e. The number of fused-ring (bicyclic) bond motifs is 2. The number of benzene rings is 1. The van der Waals surface area contributed by atoms with E-state index in [0.717, 1.165) is 0 Å². The van der Waals surface area contributed by atoms with Crippen molar-refractivity contribution < 1.29 is 22.3 Å². The molecule has 3 rings (SSSR count). The van der Waals surface area contributed by atoms with E-state index in [2.05, 4.69) is 0 Å². The van der Waals surface area contributed by atoms with E-state index >= 15 is 0 Å². The Hall–Kier alpha value is -1.43. The minimum absolute atomic E-state index is 0.0179. The van der Waals surface area contributed by atoms with E-state index in [4.69, 9.17) is 4.74 Å². The topological polar surface area (TPSA) is 60.4 Å². The monoisotopic (exact) mass is 326 g/mol. The van der Waals surface area contributed by atoms with Crippen molar-refractivity contribution in [3.63, 3.8) is 0 Å². The molecule has 2 fully saturated rings. The van der Waals surface area contributed by atoms with Crippen LogP contribution in [0, 0.1) is 11.7 Å². The third-order valence-corrected chi connectivity index (χ3v) is 7.61. The van der Waals surface area contributed by atoms with Gasteiger partial charge in [0.2, 0.25) is 0 Å². The van der Waals surface area contributed by atoms with E-state index in [1.165, 1.54) is 25.3 Å². The van der Waals surface area contributed by atoms with Gasteiger partial charge in [-0.05, 0) is 43.9 Å². The molecule has 0 aromatic heterocycles. The fourth-order valence-corrected chi connectivity index (χ4v) is 6.16. The molecular weight excluding hydrogens is 307 g/mol. The summed E-state index contributed by atoms with van der Waals surface area (Å²) in [5, 5.41) is -0.732. The maximum absolute atomic E-state index is 13.4. The second-order valence-electron chi connectivity index (χ2n) is 6.18. The molecule has 22 heavy (non-hydrogen) atoms. The number of sulfone groups is 1. The molecule has 2 saturated heterocycles.